The van der Waals surface area contributed by atoms with Gasteiger partial charge in [-0.15, -0.1) is 0 Å². The summed E-state index contributed by atoms with van der Waals surface area (Å²) in [6.07, 6.45) is -3.55. The number of amides is 1. The van der Waals surface area contributed by atoms with Crippen molar-refractivity contribution in [2.75, 3.05) is 6.54 Å². The van der Waals surface area contributed by atoms with E-state index < -0.39 is 35.3 Å². The number of likely N-dealkylation sites (N-methyl/N-ethyl adjacent to an activating group) is 1. The van der Waals surface area contributed by atoms with Crippen molar-refractivity contribution < 1.29 is 34.4 Å². The Morgan fingerprint density at radius 2 is 1.62 bits per heavy atom. The number of hydrogen-bond donors (Lipinski definition) is 3. The lowest BCUT2D eigenvalue weighted by Crippen LogP contribution is -2.66. The fourth-order valence-corrected chi connectivity index (χ4v) is 2.01. The molecule has 2 atom stereocenters. The number of carbonyl (C=O) groups excluding carboxylic acids is 1. The maximum Gasteiger partial charge on any atom is 0.411 e. The van der Waals surface area contributed by atoms with E-state index in [0.29, 0.717) is 0 Å². The number of nitrogens with zero attached hydrogens (tertiary/aromatic N) is 1. The van der Waals surface area contributed by atoms with E-state index in [-0.39, 0.29) is 13.0 Å². The molecule has 0 saturated carbocycles. The maximum absolute atomic E-state index is 12.2. The lowest BCUT2D eigenvalue weighted by atomic mass is 9.87. The Hall–Kier alpha value is -1.83. The molecule has 0 fully saturated rings. The first-order valence-electron chi connectivity index (χ1n) is 6.58. The van der Waals surface area contributed by atoms with Gasteiger partial charge in [0.1, 0.15) is 5.60 Å². The van der Waals surface area contributed by atoms with Crippen LogP contribution < -0.4 is 0 Å². The van der Waals surface area contributed by atoms with Crippen molar-refractivity contribution in [2.24, 2.45) is 0 Å². The van der Waals surface area contributed by atoms with E-state index in [1.165, 1.54) is 13.8 Å². The molecule has 0 aliphatic carbocycles. The normalized spacial score (nSPS) is 15.7. The Kier molecular flexibility index (Phi) is 6.16. The minimum absolute atomic E-state index is 0.126. The van der Waals surface area contributed by atoms with Crippen LogP contribution in [0.3, 0.4) is 0 Å². The smallest absolute Gasteiger partial charge is 0.411 e. The van der Waals surface area contributed by atoms with Crippen molar-refractivity contribution in [3.8, 4) is 0 Å². The summed E-state index contributed by atoms with van der Waals surface area (Å²) in [6, 6.07) is 0. The number of carboxylic acids is 2. The van der Waals surface area contributed by atoms with Gasteiger partial charge in [0, 0.05) is 6.54 Å². The first-order valence-corrected chi connectivity index (χ1v) is 6.58. The summed E-state index contributed by atoms with van der Waals surface area (Å²) in [5.41, 5.74) is -3.17. The van der Waals surface area contributed by atoms with Crippen LogP contribution in [0.1, 0.15) is 41.0 Å². The molecular weight excluding hydrogens is 282 g/mol. The number of carboxylic acid groups (broad SMARTS) is 2. The van der Waals surface area contributed by atoms with Crippen LogP contribution in [0.4, 0.5) is 4.79 Å². The number of ether oxygens (including phenoxy) is 1. The van der Waals surface area contributed by atoms with Gasteiger partial charge in [-0.3, -0.25) is 4.90 Å². The highest BCUT2D eigenvalue weighted by Gasteiger charge is 2.54. The predicted molar refractivity (Wildman–Crippen MR) is 72.9 cm³/mol. The Labute approximate surface area is 123 Å². The molecule has 8 heteroatoms. The molecule has 0 rings (SSSR count). The minimum Gasteiger partial charge on any atom is -0.479 e. The Balaban J connectivity index is 5.82. The van der Waals surface area contributed by atoms with Crippen molar-refractivity contribution in [1.82, 2.24) is 4.90 Å². The van der Waals surface area contributed by atoms with Crippen molar-refractivity contribution >= 4 is 18.0 Å². The van der Waals surface area contributed by atoms with Gasteiger partial charge >= 0.3 is 18.0 Å². The first-order chi connectivity index (χ1) is 9.43. The lowest BCUT2D eigenvalue weighted by Gasteiger charge is -2.41. The summed E-state index contributed by atoms with van der Waals surface area (Å²) in [5, 5.41) is 28.2. The number of aliphatic hydroxyl groups excluding tert-OH is 1. The molecule has 122 valence electrons. The highest BCUT2D eigenvalue weighted by atomic mass is 16.6. The van der Waals surface area contributed by atoms with Crippen LogP contribution in [0.5, 0.6) is 0 Å². The predicted octanol–water partition coefficient (Wildman–Crippen LogP) is 0.922. The van der Waals surface area contributed by atoms with E-state index in [1.54, 1.807) is 20.8 Å². The van der Waals surface area contributed by atoms with Gasteiger partial charge in [-0.25, -0.2) is 14.4 Å². The molecule has 0 saturated heterocycles. The van der Waals surface area contributed by atoms with Gasteiger partial charge in [-0.1, -0.05) is 6.92 Å². The second-order valence-electron chi connectivity index (χ2n) is 5.55. The van der Waals surface area contributed by atoms with Gasteiger partial charge in [0.25, 0.3) is 0 Å². The van der Waals surface area contributed by atoms with Crippen LogP contribution in [-0.2, 0) is 14.3 Å². The van der Waals surface area contributed by atoms with Gasteiger partial charge < -0.3 is 20.1 Å². The number of aliphatic hydroxyl groups is 1. The molecule has 0 aromatic carbocycles. The molecule has 1 amide bonds. The SMILES string of the molecule is CCN(C(=O)OC(C)(C)C)[C@](CC)(C(=O)O)C(O)C(=O)O. The highest BCUT2D eigenvalue weighted by molar-refractivity contribution is 5.91. The Morgan fingerprint density at radius 1 is 1.14 bits per heavy atom. The lowest BCUT2D eigenvalue weighted by molar-refractivity contribution is -0.173. The molecule has 21 heavy (non-hydrogen) atoms. The number of aliphatic carboxylic acids is 2. The summed E-state index contributed by atoms with van der Waals surface area (Å²) in [7, 11) is 0. The Bertz CT molecular complexity index is 415. The van der Waals surface area contributed by atoms with Crippen LogP contribution in [0.15, 0.2) is 0 Å². The summed E-state index contributed by atoms with van der Waals surface area (Å²) >= 11 is 0. The zero-order valence-electron chi connectivity index (χ0n) is 12.9. The molecule has 0 aliphatic heterocycles. The molecule has 8 nitrogen and oxygen atoms in total. The van der Waals surface area contributed by atoms with Crippen LogP contribution in [0.25, 0.3) is 0 Å². The molecular formula is C13H23NO7. The Morgan fingerprint density at radius 3 is 1.86 bits per heavy atom. The fourth-order valence-electron chi connectivity index (χ4n) is 2.01. The second kappa shape index (κ2) is 6.75. The van der Waals surface area contributed by atoms with Crippen molar-refractivity contribution in [3.05, 3.63) is 0 Å². The zero-order valence-corrected chi connectivity index (χ0v) is 12.9. The largest absolute Gasteiger partial charge is 0.479 e. The average molecular weight is 305 g/mol. The summed E-state index contributed by atoms with van der Waals surface area (Å²) in [5.74, 6) is -3.33. The van der Waals surface area contributed by atoms with Crippen LogP contribution in [0.2, 0.25) is 0 Å². The molecule has 0 bridgehead atoms. The highest BCUT2D eigenvalue weighted by Crippen LogP contribution is 2.27. The second-order valence-corrected chi connectivity index (χ2v) is 5.55. The topological polar surface area (TPSA) is 124 Å². The van der Waals surface area contributed by atoms with E-state index in [9.17, 15) is 24.6 Å². The van der Waals surface area contributed by atoms with Gasteiger partial charge in [0.05, 0.1) is 0 Å². The first kappa shape index (κ1) is 19.2. The monoisotopic (exact) mass is 305 g/mol. The van der Waals surface area contributed by atoms with Crippen LogP contribution in [0, 0.1) is 0 Å². The van der Waals surface area contributed by atoms with Crippen molar-refractivity contribution in [3.63, 3.8) is 0 Å². The molecule has 0 spiro atoms. The third-order valence-electron chi connectivity index (χ3n) is 3.01. The average Bonchev–Trinajstić information content (AvgIpc) is 2.31. The van der Waals surface area contributed by atoms with Gasteiger partial charge in [0.2, 0.25) is 0 Å². The maximum atomic E-state index is 12.2. The molecule has 0 aromatic rings. The molecule has 0 heterocycles. The van der Waals surface area contributed by atoms with E-state index >= 15 is 0 Å². The summed E-state index contributed by atoms with van der Waals surface area (Å²) < 4.78 is 5.10. The third-order valence-corrected chi connectivity index (χ3v) is 3.01. The minimum atomic E-state index is -2.29. The standard InChI is InChI=1S/C13H23NO7/c1-6-13(10(18)19,8(15)9(16)17)14(7-2)11(20)21-12(3,4)5/h8,15H,6-7H2,1-5H3,(H,16,17)(H,18,19)/t8?,13-/m0/s1. The van der Waals surface area contributed by atoms with Gasteiger partial charge in [0.15, 0.2) is 11.6 Å². The molecule has 0 aliphatic rings. The zero-order chi connectivity index (χ0) is 17.0. The number of rotatable bonds is 6. The van der Waals surface area contributed by atoms with Gasteiger partial charge in [-0.2, -0.15) is 0 Å². The molecule has 3 N–H and O–H groups in total. The van der Waals surface area contributed by atoms with E-state index in [2.05, 4.69) is 0 Å². The number of hydrogen-bond acceptors (Lipinski definition) is 5. The third kappa shape index (κ3) is 4.07. The van der Waals surface area contributed by atoms with Crippen LogP contribution >= 0.6 is 0 Å². The van der Waals surface area contributed by atoms with E-state index in [4.69, 9.17) is 9.84 Å². The summed E-state index contributed by atoms with van der Waals surface area (Å²) in [4.78, 5) is 35.5. The number of carbonyl (C=O) groups is 3. The molecule has 1 unspecified atom stereocenters. The van der Waals surface area contributed by atoms with Gasteiger partial charge in [-0.05, 0) is 34.1 Å². The van der Waals surface area contributed by atoms with E-state index in [0.717, 1.165) is 4.90 Å². The summed E-state index contributed by atoms with van der Waals surface area (Å²) in [6.45, 7) is 7.53. The molecule has 0 aromatic heterocycles. The quantitative estimate of drug-likeness (QED) is 0.666. The van der Waals surface area contributed by atoms with Crippen molar-refractivity contribution in [2.45, 2.75) is 58.3 Å². The van der Waals surface area contributed by atoms with Crippen LogP contribution in [-0.4, -0.2) is 62.0 Å². The fraction of sp³-hybridized carbons (Fsp3) is 0.769. The molecule has 0 radical (unpaired) electrons. The van der Waals surface area contributed by atoms with E-state index in [1.807, 2.05) is 0 Å². The van der Waals surface area contributed by atoms with Crippen molar-refractivity contribution in [1.29, 1.82) is 0 Å².